The Morgan fingerprint density at radius 3 is 2.60 bits per heavy atom. The van der Waals surface area contributed by atoms with Gasteiger partial charge in [-0.1, -0.05) is 15.9 Å². The van der Waals surface area contributed by atoms with E-state index in [2.05, 4.69) is 15.9 Å². The maximum absolute atomic E-state index is 8.94. The quantitative estimate of drug-likeness (QED) is 0.692. The number of phenolic OH excluding ortho intramolecular Hbond substituents is 1. The summed E-state index contributed by atoms with van der Waals surface area (Å²) >= 11 is 3.14. The first kappa shape index (κ1) is 7.10. The van der Waals surface area contributed by atoms with Crippen LogP contribution in [-0.4, -0.2) is 5.11 Å². The molecule has 0 aromatic heterocycles. The number of hydrogen-bond acceptors (Lipinski definition) is 2. The van der Waals surface area contributed by atoms with Crippen molar-refractivity contribution in [2.24, 2.45) is 0 Å². The van der Waals surface area contributed by atoms with Crippen molar-refractivity contribution in [1.82, 2.24) is 0 Å². The molecular formula is C7H4BrNO. The number of nitrogens with zero attached hydrogens (tertiary/aromatic N) is 1. The van der Waals surface area contributed by atoms with Crippen molar-refractivity contribution >= 4 is 15.9 Å². The number of hydrogen-bond donors (Lipinski definition) is 1. The largest absolute Gasteiger partial charge is 0.508 e. The van der Waals surface area contributed by atoms with E-state index in [9.17, 15) is 0 Å². The summed E-state index contributed by atoms with van der Waals surface area (Å²) in [6, 6.07) is 6.49. The second kappa shape index (κ2) is 2.72. The van der Waals surface area contributed by atoms with Crippen LogP contribution in [0.4, 0.5) is 0 Å². The van der Waals surface area contributed by atoms with Gasteiger partial charge in [-0.25, -0.2) is 0 Å². The minimum atomic E-state index is 0.103. The molecule has 0 amide bonds. The van der Waals surface area contributed by atoms with E-state index >= 15 is 0 Å². The van der Waals surface area contributed by atoms with Gasteiger partial charge >= 0.3 is 0 Å². The van der Waals surface area contributed by atoms with Crippen LogP contribution in [0.5, 0.6) is 5.75 Å². The van der Waals surface area contributed by atoms with Crippen molar-refractivity contribution in [2.75, 3.05) is 0 Å². The Morgan fingerprint density at radius 1 is 1.40 bits per heavy atom. The average molecular weight is 198 g/mol. The number of rotatable bonds is 0. The molecule has 1 aromatic carbocycles. The number of halogens is 1. The van der Waals surface area contributed by atoms with Crippen LogP contribution in [0.1, 0.15) is 5.56 Å². The molecule has 0 aliphatic rings. The van der Waals surface area contributed by atoms with Crippen molar-refractivity contribution < 1.29 is 5.11 Å². The van der Waals surface area contributed by atoms with E-state index < -0.39 is 0 Å². The number of aromatic hydroxyl groups is 1. The molecule has 0 saturated heterocycles. The standard InChI is InChI=1S/C7H4BrNO/c8-6-1-5(4-9)2-7(10)3-6/h1-3,10H. The highest BCUT2D eigenvalue weighted by Gasteiger charge is 1.94. The van der Waals surface area contributed by atoms with Gasteiger partial charge in [0.2, 0.25) is 0 Å². The number of nitriles is 1. The Labute approximate surface area is 66.9 Å². The van der Waals surface area contributed by atoms with Crippen molar-refractivity contribution in [1.29, 1.82) is 5.26 Å². The second-order valence-electron chi connectivity index (χ2n) is 1.81. The van der Waals surface area contributed by atoms with Crippen LogP contribution in [0, 0.1) is 11.3 Å². The first-order valence-corrected chi connectivity index (χ1v) is 3.41. The lowest BCUT2D eigenvalue weighted by Gasteiger charge is -1.92. The zero-order chi connectivity index (χ0) is 7.56. The molecule has 1 rings (SSSR count). The van der Waals surface area contributed by atoms with Gasteiger partial charge in [0.05, 0.1) is 11.6 Å². The topological polar surface area (TPSA) is 44.0 Å². The monoisotopic (exact) mass is 197 g/mol. The Hall–Kier alpha value is -1.01. The summed E-state index contributed by atoms with van der Waals surface area (Å²) in [7, 11) is 0. The highest BCUT2D eigenvalue weighted by molar-refractivity contribution is 9.10. The summed E-state index contributed by atoms with van der Waals surface area (Å²) in [6.07, 6.45) is 0. The molecular weight excluding hydrogens is 194 g/mol. The second-order valence-corrected chi connectivity index (χ2v) is 2.73. The number of phenols is 1. The molecule has 0 radical (unpaired) electrons. The minimum Gasteiger partial charge on any atom is -0.508 e. The van der Waals surface area contributed by atoms with Gasteiger partial charge in [0.1, 0.15) is 5.75 Å². The van der Waals surface area contributed by atoms with Crippen LogP contribution >= 0.6 is 15.9 Å². The Bertz CT molecular complexity index is 270. The van der Waals surface area contributed by atoms with E-state index in [-0.39, 0.29) is 5.75 Å². The molecule has 1 aromatic rings. The lowest BCUT2D eigenvalue weighted by atomic mass is 10.2. The van der Waals surface area contributed by atoms with Gasteiger partial charge in [0.15, 0.2) is 0 Å². The predicted molar refractivity (Wildman–Crippen MR) is 40.5 cm³/mol. The van der Waals surface area contributed by atoms with Gasteiger partial charge in [-0.2, -0.15) is 5.26 Å². The molecule has 50 valence electrons. The minimum absolute atomic E-state index is 0.103. The van der Waals surface area contributed by atoms with E-state index in [0.29, 0.717) is 10.0 Å². The summed E-state index contributed by atoms with van der Waals surface area (Å²) in [5.41, 5.74) is 0.451. The van der Waals surface area contributed by atoms with Crippen molar-refractivity contribution in [2.45, 2.75) is 0 Å². The molecule has 0 heterocycles. The maximum atomic E-state index is 8.94. The van der Waals surface area contributed by atoms with E-state index in [1.807, 2.05) is 6.07 Å². The predicted octanol–water partition coefficient (Wildman–Crippen LogP) is 2.03. The fourth-order valence-electron chi connectivity index (χ4n) is 0.639. The van der Waals surface area contributed by atoms with Crippen molar-refractivity contribution in [3.8, 4) is 11.8 Å². The Morgan fingerprint density at radius 2 is 2.10 bits per heavy atom. The van der Waals surface area contributed by atoms with Crippen LogP contribution < -0.4 is 0 Å². The fraction of sp³-hybridized carbons (Fsp3) is 0. The lowest BCUT2D eigenvalue weighted by molar-refractivity contribution is 0.475. The van der Waals surface area contributed by atoms with Gasteiger partial charge in [0, 0.05) is 4.47 Å². The molecule has 0 saturated carbocycles. The fourth-order valence-corrected chi connectivity index (χ4v) is 1.12. The van der Waals surface area contributed by atoms with Crippen molar-refractivity contribution in [3.63, 3.8) is 0 Å². The van der Waals surface area contributed by atoms with Crippen LogP contribution in [0.2, 0.25) is 0 Å². The maximum Gasteiger partial charge on any atom is 0.118 e. The molecule has 1 N–H and O–H groups in total. The summed E-state index contributed by atoms with van der Waals surface area (Å²) < 4.78 is 0.712. The molecule has 2 nitrogen and oxygen atoms in total. The molecule has 0 atom stereocenters. The molecule has 0 unspecified atom stereocenters. The first-order chi connectivity index (χ1) is 4.72. The van der Waals surface area contributed by atoms with E-state index in [0.717, 1.165) is 0 Å². The Balaban J connectivity index is 3.22. The third-order valence-electron chi connectivity index (χ3n) is 1.01. The van der Waals surface area contributed by atoms with Crippen LogP contribution in [0.25, 0.3) is 0 Å². The molecule has 0 fully saturated rings. The zero-order valence-corrected chi connectivity index (χ0v) is 6.59. The average Bonchev–Trinajstić information content (AvgIpc) is 1.85. The third kappa shape index (κ3) is 1.49. The first-order valence-electron chi connectivity index (χ1n) is 2.62. The van der Waals surface area contributed by atoms with E-state index in [4.69, 9.17) is 10.4 Å². The van der Waals surface area contributed by atoms with Gasteiger partial charge in [0.25, 0.3) is 0 Å². The summed E-state index contributed by atoms with van der Waals surface area (Å²) in [6.45, 7) is 0. The Kier molecular flexibility index (Phi) is 1.93. The van der Waals surface area contributed by atoms with E-state index in [1.54, 1.807) is 6.07 Å². The molecule has 0 aliphatic heterocycles. The highest BCUT2D eigenvalue weighted by Crippen LogP contribution is 2.19. The number of benzene rings is 1. The lowest BCUT2D eigenvalue weighted by Crippen LogP contribution is -1.73. The van der Waals surface area contributed by atoms with Crippen LogP contribution in [-0.2, 0) is 0 Å². The van der Waals surface area contributed by atoms with Gasteiger partial charge in [-0.3, -0.25) is 0 Å². The molecule has 0 spiro atoms. The van der Waals surface area contributed by atoms with Crippen molar-refractivity contribution in [3.05, 3.63) is 28.2 Å². The smallest absolute Gasteiger partial charge is 0.118 e. The van der Waals surface area contributed by atoms with Crippen LogP contribution in [0.3, 0.4) is 0 Å². The van der Waals surface area contributed by atoms with Crippen LogP contribution in [0.15, 0.2) is 22.7 Å². The van der Waals surface area contributed by atoms with Gasteiger partial charge < -0.3 is 5.11 Å². The van der Waals surface area contributed by atoms with Gasteiger partial charge in [-0.05, 0) is 18.2 Å². The summed E-state index contributed by atoms with van der Waals surface area (Å²) in [4.78, 5) is 0. The summed E-state index contributed by atoms with van der Waals surface area (Å²) in [5.74, 6) is 0.103. The van der Waals surface area contributed by atoms with Gasteiger partial charge in [-0.15, -0.1) is 0 Å². The van der Waals surface area contributed by atoms with E-state index in [1.165, 1.54) is 12.1 Å². The molecule has 10 heavy (non-hydrogen) atoms. The zero-order valence-electron chi connectivity index (χ0n) is 5.00. The molecule has 3 heteroatoms. The normalized spacial score (nSPS) is 8.80. The third-order valence-corrected chi connectivity index (χ3v) is 1.47. The highest BCUT2D eigenvalue weighted by atomic mass is 79.9. The SMILES string of the molecule is N#Cc1cc(O)cc(Br)c1. The molecule has 0 bridgehead atoms. The summed E-state index contributed by atoms with van der Waals surface area (Å²) in [5, 5.41) is 17.3. The molecule has 0 aliphatic carbocycles.